The van der Waals surface area contributed by atoms with Crippen LogP contribution in [0.1, 0.15) is 0 Å². The van der Waals surface area contributed by atoms with Crippen molar-refractivity contribution >= 4 is 17.9 Å². The summed E-state index contributed by atoms with van der Waals surface area (Å²) in [5.74, 6) is 0. The number of hydrogen-bond acceptors (Lipinski definition) is 4. The molecule has 6 nitrogen and oxygen atoms in total. The number of aromatic amines is 1. The number of nitro benzene ring substituents is 1. The van der Waals surface area contributed by atoms with Gasteiger partial charge in [0.25, 0.3) is 5.69 Å². The van der Waals surface area contributed by atoms with Crippen LogP contribution in [0.4, 0.5) is 5.69 Å². The highest BCUT2D eigenvalue weighted by Gasteiger charge is 2.11. The van der Waals surface area contributed by atoms with Crippen molar-refractivity contribution in [1.82, 2.24) is 9.55 Å². The van der Waals surface area contributed by atoms with Gasteiger partial charge in [0.15, 0.2) is 4.77 Å². The Labute approximate surface area is 114 Å². The van der Waals surface area contributed by atoms with Gasteiger partial charge in [-0.1, -0.05) is 12.1 Å². The molecule has 0 bridgehead atoms. The van der Waals surface area contributed by atoms with E-state index in [2.05, 4.69) is 4.98 Å². The first-order valence-electron chi connectivity index (χ1n) is 5.65. The number of nitrogens with zero attached hydrogens (tertiary/aromatic N) is 2. The fraction of sp³-hybridized carbons (Fsp3) is 0.250. The quantitative estimate of drug-likeness (QED) is 0.519. The highest BCUT2D eigenvalue weighted by atomic mass is 32.1. The Hall–Kier alpha value is -1.99. The van der Waals surface area contributed by atoms with Crippen molar-refractivity contribution in [3.8, 4) is 11.3 Å². The number of aromatic nitrogens is 2. The van der Waals surface area contributed by atoms with Gasteiger partial charge in [-0.15, -0.1) is 0 Å². The molecule has 0 aliphatic rings. The molecule has 0 unspecified atom stereocenters. The highest BCUT2D eigenvalue weighted by Crippen LogP contribution is 2.24. The van der Waals surface area contributed by atoms with Gasteiger partial charge in [-0.05, 0) is 12.2 Å². The lowest BCUT2D eigenvalue weighted by atomic mass is 10.1. The van der Waals surface area contributed by atoms with Gasteiger partial charge in [-0.25, -0.2) is 0 Å². The Morgan fingerprint density at radius 1 is 1.53 bits per heavy atom. The molecule has 0 amide bonds. The van der Waals surface area contributed by atoms with Gasteiger partial charge in [0, 0.05) is 37.5 Å². The zero-order chi connectivity index (χ0) is 13.8. The Balaban J connectivity index is 2.44. The van der Waals surface area contributed by atoms with Crippen molar-refractivity contribution in [2.75, 3.05) is 13.7 Å². The number of ether oxygens (including phenoxy) is 1. The molecule has 0 spiro atoms. The molecule has 7 heteroatoms. The first-order valence-corrected chi connectivity index (χ1v) is 6.06. The van der Waals surface area contributed by atoms with Gasteiger partial charge in [0.1, 0.15) is 0 Å². The second-order valence-corrected chi connectivity index (χ2v) is 4.32. The fourth-order valence-electron chi connectivity index (χ4n) is 1.82. The van der Waals surface area contributed by atoms with Crippen molar-refractivity contribution in [1.29, 1.82) is 0 Å². The summed E-state index contributed by atoms with van der Waals surface area (Å²) in [6.07, 6.45) is 1.75. The van der Waals surface area contributed by atoms with Crippen molar-refractivity contribution in [3.05, 3.63) is 45.3 Å². The third-order valence-corrected chi connectivity index (χ3v) is 3.08. The van der Waals surface area contributed by atoms with E-state index >= 15 is 0 Å². The minimum absolute atomic E-state index is 0.0582. The van der Waals surface area contributed by atoms with E-state index in [1.54, 1.807) is 19.4 Å². The largest absolute Gasteiger partial charge is 0.383 e. The molecule has 0 fully saturated rings. The van der Waals surface area contributed by atoms with Gasteiger partial charge in [0.2, 0.25) is 0 Å². The Morgan fingerprint density at radius 2 is 2.32 bits per heavy atom. The topological polar surface area (TPSA) is 73.1 Å². The maximum atomic E-state index is 10.8. The summed E-state index contributed by atoms with van der Waals surface area (Å²) < 4.78 is 7.46. The summed E-state index contributed by atoms with van der Waals surface area (Å²) in [5.41, 5.74) is 1.62. The third kappa shape index (κ3) is 2.88. The number of hydrogen-bond donors (Lipinski definition) is 1. The van der Waals surface area contributed by atoms with Crippen LogP contribution in [-0.4, -0.2) is 28.2 Å². The number of benzene rings is 1. The smallest absolute Gasteiger partial charge is 0.270 e. The molecule has 19 heavy (non-hydrogen) atoms. The van der Waals surface area contributed by atoms with Crippen LogP contribution < -0.4 is 0 Å². The van der Waals surface area contributed by atoms with E-state index in [4.69, 9.17) is 17.0 Å². The van der Waals surface area contributed by atoms with Crippen LogP contribution in [0.15, 0.2) is 30.5 Å². The normalized spacial score (nSPS) is 10.6. The molecular formula is C12H13N3O3S. The molecule has 0 aliphatic carbocycles. The highest BCUT2D eigenvalue weighted by molar-refractivity contribution is 7.71. The van der Waals surface area contributed by atoms with Crippen LogP contribution in [0, 0.1) is 14.9 Å². The molecule has 0 atom stereocenters. The molecule has 1 aromatic heterocycles. The lowest BCUT2D eigenvalue weighted by Gasteiger charge is -2.07. The SMILES string of the molecule is COCCn1c(-c2cccc([N+](=O)[O-])c2)c[nH]c1=S. The Morgan fingerprint density at radius 3 is 3.00 bits per heavy atom. The van der Waals surface area contributed by atoms with Gasteiger partial charge >= 0.3 is 0 Å². The summed E-state index contributed by atoms with van der Waals surface area (Å²) in [7, 11) is 1.61. The number of rotatable bonds is 5. The summed E-state index contributed by atoms with van der Waals surface area (Å²) in [4.78, 5) is 13.3. The third-order valence-electron chi connectivity index (χ3n) is 2.74. The predicted octanol–water partition coefficient (Wildman–Crippen LogP) is 2.77. The Bertz CT molecular complexity index is 648. The second kappa shape index (κ2) is 5.77. The maximum absolute atomic E-state index is 10.8. The molecule has 1 N–H and O–H groups in total. The van der Waals surface area contributed by atoms with E-state index in [9.17, 15) is 10.1 Å². The number of imidazole rings is 1. The van der Waals surface area contributed by atoms with Gasteiger partial charge in [-0.2, -0.15) is 0 Å². The maximum Gasteiger partial charge on any atom is 0.270 e. The van der Waals surface area contributed by atoms with E-state index in [1.807, 2.05) is 10.6 Å². The molecule has 100 valence electrons. The van der Waals surface area contributed by atoms with Crippen molar-refractivity contribution in [2.45, 2.75) is 6.54 Å². The Kier molecular flexibility index (Phi) is 4.08. The minimum Gasteiger partial charge on any atom is -0.383 e. The van der Waals surface area contributed by atoms with Gasteiger partial charge < -0.3 is 14.3 Å². The van der Waals surface area contributed by atoms with E-state index in [0.29, 0.717) is 17.9 Å². The van der Waals surface area contributed by atoms with Gasteiger partial charge in [0.05, 0.1) is 17.2 Å². The summed E-state index contributed by atoms with van der Waals surface area (Å²) >= 11 is 5.19. The standard InChI is InChI=1S/C12H13N3O3S/c1-18-6-5-14-11(8-13-12(14)19)9-3-2-4-10(7-9)15(16)17/h2-4,7-8H,5-6H2,1H3,(H,13,19). The summed E-state index contributed by atoms with van der Waals surface area (Å²) in [6, 6.07) is 6.46. The molecule has 0 saturated carbocycles. The predicted molar refractivity (Wildman–Crippen MR) is 73.6 cm³/mol. The summed E-state index contributed by atoms with van der Waals surface area (Å²) in [6.45, 7) is 1.12. The molecule has 0 aliphatic heterocycles. The van der Waals surface area contributed by atoms with Crippen LogP contribution in [0.25, 0.3) is 11.3 Å². The van der Waals surface area contributed by atoms with E-state index in [-0.39, 0.29) is 5.69 Å². The first-order chi connectivity index (χ1) is 9.13. The van der Waals surface area contributed by atoms with Crippen molar-refractivity contribution < 1.29 is 9.66 Å². The molecule has 1 aromatic carbocycles. The van der Waals surface area contributed by atoms with Crippen molar-refractivity contribution in [2.24, 2.45) is 0 Å². The van der Waals surface area contributed by atoms with Crippen LogP contribution >= 0.6 is 12.2 Å². The molecule has 2 aromatic rings. The van der Waals surface area contributed by atoms with Crippen LogP contribution in [0.5, 0.6) is 0 Å². The molecular weight excluding hydrogens is 266 g/mol. The van der Waals surface area contributed by atoms with Crippen molar-refractivity contribution in [3.63, 3.8) is 0 Å². The van der Waals surface area contributed by atoms with Gasteiger partial charge in [-0.3, -0.25) is 10.1 Å². The van der Waals surface area contributed by atoms with E-state index in [0.717, 1.165) is 11.3 Å². The van der Waals surface area contributed by atoms with Crippen LogP contribution in [-0.2, 0) is 11.3 Å². The molecule has 1 heterocycles. The molecule has 0 radical (unpaired) electrons. The van der Waals surface area contributed by atoms with Crippen LogP contribution in [0.3, 0.4) is 0 Å². The molecule has 0 saturated heterocycles. The number of methoxy groups -OCH3 is 1. The monoisotopic (exact) mass is 279 g/mol. The lowest BCUT2D eigenvalue weighted by Crippen LogP contribution is -2.05. The van der Waals surface area contributed by atoms with E-state index in [1.165, 1.54) is 12.1 Å². The first kappa shape index (κ1) is 13.4. The van der Waals surface area contributed by atoms with Crippen LogP contribution in [0.2, 0.25) is 0 Å². The average molecular weight is 279 g/mol. The van der Waals surface area contributed by atoms with E-state index < -0.39 is 4.92 Å². The molecule has 2 rings (SSSR count). The zero-order valence-electron chi connectivity index (χ0n) is 10.3. The number of nitrogens with one attached hydrogen (secondary N) is 1. The summed E-state index contributed by atoms with van der Waals surface area (Å²) in [5, 5.41) is 10.8. The average Bonchev–Trinajstić information content (AvgIpc) is 2.78. The number of H-pyrrole nitrogens is 1. The lowest BCUT2D eigenvalue weighted by molar-refractivity contribution is -0.384. The second-order valence-electron chi connectivity index (χ2n) is 3.93. The number of non-ortho nitro benzene ring substituents is 1. The zero-order valence-corrected chi connectivity index (χ0v) is 11.1. The number of nitro groups is 1. The minimum atomic E-state index is -0.412. The fourth-order valence-corrected chi connectivity index (χ4v) is 2.07.